The molecule has 9 heteroatoms. The topological polar surface area (TPSA) is 82.6 Å². The quantitative estimate of drug-likeness (QED) is 0.837. The zero-order chi connectivity index (χ0) is 17.3. The molecular formula is C15H15FN4O3S. The third kappa shape index (κ3) is 3.35. The van der Waals surface area contributed by atoms with Crippen LogP contribution < -0.4 is 5.32 Å². The third-order valence-electron chi connectivity index (χ3n) is 3.61. The van der Waals surface area contributed by atoms with Crippen molar-refractivity contribution in [3.05, 3.63) is 24.0 Å². The average Bonchev–Trinajstić information content (AvgIpc) is 3.01. The maximum absolute atomic E-state index is 13.1. The van der Waals surface area contributed by atoms with Gasteiger partial charge in [0.1, 0.15) is 12.4 Å². The van der Waals surface area contributed by atoms with Crippen LogP contribution in [-0.4, -0.2) is 52.8 Å². The summed E-state index contributed by atoms with van der Waals surface area (Å²) < 4.78 is 13.8. The van der Waals surface area contributed by atoms with Gasteiger partial charge in [0.05, 0.1) is 10.2 Å². The smallest absolute Gasteiger partial charge is 0.318 e. The van der Waals surface area contributed by atoms with Gasteiger partial charge in [-0.2, -0.15) is 0 Å². The number of thiazole rings is 1. The molecule has 7 nitrogen and oxygen atoms in total. The van der Waals surface area contributed by atoms with Gasteiger partial charge in [0.15, 0.2) is 5.13 Å². The van der Waals surface area contributed by atoms with E-state index in [1.807, 2.05) is 0 Å². The molecule has 1 aliphatic rings. The molecule has 3 rings (SSSR count). The van der Waals surface area contributed by atoms with E-state index in [4.69, 9.17) is 0 Å². The Bertz CT molecular complexity index is 822. The molecule has 2 aromatic rings. The monoisotopic (exact) mass is 350 g/mol. The number of carbonyl (C=O) groups is 3. The van der Waals surface area contributed by atoms with Gasteiger partial charge in [-0.15, -0.1) is 0 Å². The maximum atomic E-state index is 13.1. The Kier molecular flexibility index (Phi) is 4.43. The second-order valence-electron chi connectivity index (χ2n) is 5.47. The van der Waals surface area contributed by atoms with Gasteiger partial charge in [0.25, 0.3) is 0 Å². The summed E-state index contributed by atoms with van der Waals surface area (Å²) in [5.74, 6) is -0.868. The van der Waals surface area contributed by atoms with Crippen molar-refractivity contribution < 1.29 is 18.8 Å². The molecule has 0 radical (unpaired) electrons. The number of hydrogen-bond acceptors (Lipinski definition) is 5. The summed E-state index contributed by atoms with van der Waals surface area (Å²) in [6.45, 7) is 0.285. The molecule has 1 aromatic heterocycles. The summed E-state index contributed by atoms with van der Waals surface area (Å²) in [4.78, 5) is 41.9. The number of likely N-dealkylation sites (N-methyl/N-ethyl adjacent to an activating group) is 1. The number of amides is 4. The molecule has 1 saturated heterocycles. The first-order valence-electron chi connectivity index (χ1n) is 7.35. The van der Waals surface area contributed by atoms with E-state index in [2.05, 4.69) is 10.3 Å². The number of anilines is 1. The SMILES string of the molecule is CN1CC(=O)N(CCCC(=O)Nc2nc3ccc(F)cc3s2)C1=O. The Morgan fingerprint density at radius 2 is 2.21 bits per heavy atom. The number of halogens is 1. The summed E-state index contributed by atoms with van der Waals surface area (Å²) >= 11 is 1.19. The number of aromatic nitrogens is 1. The Hall–Kier alpha value is -2.55. The van der Waals surface area contributed by atoms with Crippen molar-refractivity contribution in [1.29, 1.82) is 0 Å². The fourth-order valence-corrected chi connectivity index (χ4v) is 3.33. The molecule has 126 valence electrons. The van der Waals surface area contributed by atoms with E-state index in [1.165, 1.54) is 28.4 Å². The fraction of sp³-hybridized carbons (Fsp3) is 0.333. The number of hydrogen-bond donors (Lipinski definition) is 1. The lowest BCUT2D eigenvalue weighted by atomic mass is 10.3. The van der Waals surface area contributed by atoms with Crippen molar-refractivity contribution in [2.75, 3.05) is 25.5 Å². The van der Waals surface area contributed by atoms with Crippen LogP contribution >= 0.6 is 11.3 Å². The van der Waals surface area contributed by atoms with E-state index in [0.717, 1.165) is 4.90 Å². The Morgan fingerprint density at radius 1 is 1.42 bits per heavy atom. The molecule has 1 N–H and O–H groups in total. The first-order chi connectivity index (χ1) is 11.4. The van der Waals surface area contributed by atoms with E-state index < -0.39 is 0 Å². The van der Waals surface area contributed by atoms with Gasteiger partial charge >= 0.3 is 6.03 Å². The minimum atomic E-state index is -0.353. The Morgan fingerprint density at radius 3 is 2.92 bits per heavy atom. The van der Waals surface area contributed by atoms with Gasteiger partial charge in [-0.25, -0.2) is 14.2 Å². The number of nitrogens with zero attached hydrogens (tertiary/aromatic N) is 3. The second kappa shape index (κ2) is 6.52. The Labute approximate surface area is 141 Å². The van der Waals surface area contributed by atoms with Gasteiger partial charge in [0, 0.05) is 20.0 Å². The molecule has 0 spiro atoms. The number of nitrogens with one attached hydrogen (secondary N) is 1. The van der Waals surface area contributed by atoms with Gasteiger partial charge < -0.3 is 10.2 Å². The highest BCUT2D eigenvalue weighted by Crippen LogP contribution is 2.26. The van der Waals surface area contributed by atoms with E-state index in [1.54, 1.807) is 13.1 Å². The molecule has 0 bridgehead atoms. The molecule has 1 aliphatic heterocycles. The second-order valence-corrected chi connectivity index (χ2v) is 6.50. The molecule has 2 heterocycles. The van der Waals surface area contributed by atoms with Crippen LogP contribution in [0.4, 0.5) is 14.3 Å². The summed E-state index contributed by atoms with van der Waals surface area (Å²) in [7, 11) is 1.56. The number of imide groups is 1. The largest absolute Gasteiger partial charge is 0.326 e. The molecule has 4 amide bonds. The lowest BCUT2D eigenvalue weighted by molar-refractivity contribution is -0.125. The van der Waals surface area contributed by atoms with Crippen molar-refractivity contribution in [2.45, 2.75) is 12.8 Å². The predicted octanol–water partition coefficient (Wildman–Crippen LogP) is 2.05. The van der Waals surface area contributed by atoms with Crippen LogP contribution in [0.25, 0.3) is 10.2 Å². The Balaban J connectivity index is 1.52. The number of carbonyl (C=O) groups excluding carboxylic acids is 3. The van der Waals surface area contributed by atoms with Crippen LogP contribution in [0.15, 0.2) is 18.2 Å². The summed E-state index contributed by atoms with van der Waals surface area (Å²) in [5, 5.41) is 3.05. The van der Waals surface area contributed by atoms with E-state index >= 15 is 0 Å². The van der Waals surface area contributed by atoms with Crippen LogP contribution in [0.5, 0.6) is 0 Å². The zero-order valence-electron chi connectivity index (χ0n) is 12.9. The summed E-state index contributed by atoms with van der Waals surface area (Å²) in [6.07, 6.45) is 0.530. The highest BCUT2D eigenvalue weighted by Gasteiger charge is 2.32. The van der Waals surface area contributed by atoms with Crippen molar-refractivity contribution in [3.8, 4) is 0 Å². The first-order valence-corrected chi connectivity index (χ1v) is 8.17. The van der Waals surface area contributed by atoms with Gasteiger partial charge in [0.2, 0.25) is 11.8 Å². The summed E-state index contributed by atoms with van der Waals surface area (Å²) in [5.41, 5.74) is 0.619. The molecule has 0 atom stereocenters. The van der Waals surface area contributed by atoms with Crippen molar-refractivity contribution in [1.82, 2.24) is 14.8 Å². The van der Waals surface area contributed by atoms with Crippen LogP contribution in [0.3, 0.4) is 0 Å². The molecule has 0 unspecified atom stereocenters. The van der Waals surface area contributed by atoms with Crippen LogP contribution in [-0.2, 0) is 9.59 Å². The summed E-state index contributed by atoms with van der Waals surface area (Å²) in [6, 6.07) is 3.89. The number of benzene rings is 1. The van der Waals surface area contributed by atoms with Gasteiger partial charge in [-0.05, 0) is 24.6 Å². The lowest BCUT2D eigenvalue weighted by Gasteiger charge is -2.13. The zero-order valence-corrected chi connectivity index (χ0v) is 13.7. The molecule has 0 aliphatic carbocycles. The van der Waals surface area contributed by atoms with Gasteiger partial charge in [-0.1, -0.05) is 11.3 Å². The number of rotatable bonds is 5. The minimum absolute atomic E-state index is 0.0767. The number of urea groups is 1. The van der Waals surface area contributed by atoms with E-state index in [-0.39, 0.29) is 43.2 Å². The highest BCUT2D eigenvalue weighted by molar-refractivity contribution is 7.22. The average molecular weight is 350 g/mol. The standard InChI is InChI=1S/C15H15FN4O3S/c1-19-8-13(22)20(15(19)23)6-2-3-12(21)18-14-17-10-5-4-9(16)7-11(10)24-14/h4-5,7H,2-3,6,8H2,1H3,(H,17,18,21). The normalized spacial score (nSPS) is 14.8. The molecule has 1 aromatic carbocycles. The minimum Gasteiger partial charge on any atom is -0.318 e. The molecule has 1 fully saturated rings. The molecular weight excluding hydrogens is 335 g/mol. The van der Waals surface area contributed by atoms with Crippen molar-refractivity contribution in [2.24, 2.45) is 0 Å². The first kappa shape index (κ1) is 16.3. The molecule has 0 saturated carbocycles. The van der Waals surface area contributed by atoms with Crippen molar-refractivity contribution in [3.63, 3.8) is 0 Å². The maximum Gasteiger partial charge on any atom is 0.326 e. The highest BCUT2D eigenvalue weighted by atomic mass is 32.1. The lowest BCUT2D eigenvalue weighted by Crippen LogP contribution is -2.32. The van der Waals surface area contributed by atoms with E-state index in [9.17, 15) is 18.8 Å². The molecule has 24 heavy (non-hydrogen) atoms. The number of fused-ring (bicyclic) bond motifs is 1. The van der Waals surface area contributed by atoms with Crippen molar-refractivity contribution >= 4 is 44.5 Å². The van der Waals surface area contributed by atoms with Crippen LogP contribution in [0.1, 0.15) is 12.8 Å². The fourth-order valence-electron chi connectivity index (χ4n) is 2.42. The van der Waals surface area contributed by atoms with E-state index in [0.29, 0.717) is 21.8 Å². The third-order valence-corrected chi connectivity index (χ3v) is 4.55. The van der Waals surface area contributed by atoms with Crippen LogP contribution in [0, 0.1) is 5.82 Å². The van der Waals surface area contributed by atoms with Gasteiger partial charge in [-0.3, -0.25) is 14.5 Å². The predicted molar refractivity (Wildman–Crippen MR) is 87.2 cm³/mol. The van der Waals surface area contributed by atoms with Crippen LogP contribution in [0.2, 0.25) is 0 Å².